The number of aryl methyl sites for hydroxylation is 1. The Labute approximate surface area is 146 Å². The second-order valence-electron chi connectivity index (χ2n) is 4.44. The van der Waals surface area contributed by atoms with Crippen molar-refractivity contribution in [3.8, 4) is 0 Å². The lowest BCUT2D eigenvalue weighted by molar-refractivity contribution is 0.610. The number of nitrogens with one attached hydrogen (secondary N) is 2. The van der Waals surface area contributed by atoms with E-state index in [0.29, 0.717) is 18.1 Å². The molecule has 8 heteroatoms. The molecule has 2 rings (SSSR count). The van der Waals surface area contributed by atoms with Crippen LogP contribution in [0.3, 0.4) is 0 Å². The van der Waals surface area contributed by atoms with Crippen molar-refractivity contribution in [3.63, 3.8) is 0 Å². The molecule has 6 nitrogen and oxygen atoms in total. The Bertz CT molecular complexity index is 613. The van der Waals surface area contributed by atoms with Crippen LogP contribution in [0.5, 0.6) is 0 Å². The third-order valence-corrected chi connectivity index (χ3v) is 2.93. The topological polar surface area (TPSA) is 67.1 Å². The highest BCUT2D eigenvalue weighted by Crippen LogP contribution is 2.07. The first-order valence-electron chi connectivity index (χ1n) is 6.79. The molecule has 0 unspecified atom stereocenters. The number of guanidine groups is 1. The van der Waals surface area contributed by atoms with Crippen LogP contribution in [0.2, 0.25) is 0 Å². The van der Waals surface area contributed by atoms with Gasteiger partial charge in [0.2, 0.25) is 0 Å². The Morgan fingerprint density at radius 1 is 1.32 bits per heavy atom. The lowest BCUT2D eigenvalue weighted by atomic mass is 10.2. The van der Waals surface area contributed by atoms with E-state index in [9.17, 15) is 4.39 Å². The first kappa shape index (κ1) is 18.3. The number of nitrogens with zero attached hydrogens (tertiary/aromatic N) is 4. The van der Waals surface area contributed by atoms with Gasteiger partial charge in [-0.2, -0.15) is 5.10 Å². The van der Waals surface area contributed by atoms with Gasteiger partial charge in [-0.25, -0.2) is 14.4 Å². The van der Waals surface area contributed by atoms with Crippen molar-refractivity contribution in [2.24, 2.45) is 12.0 Å². The molecule has 0 aliphatic heterocycles. The van der Waals surface area contributed by atoms with Crippen LogP contribution >= 0.6 is 24.0 Å². The summed E-state index contributed by atoms with van der Waals surface area (Å²) in [6.07, 6.45) is 1.50. The molecule has 0 spiro atoms. The molecule has 22 heavy (non-hydrogen) atoms. The van der Waals surface area contributed by atoms with Crippen molar-refractivity contribution in [1.29, 1.82) is 0 Å². The van der Waals surface area contributed by atoms with Crippen LogP contribution in [-0.4, -0.2) is 27.3 Å². The van der Waals surface area contributed by atoms with Gasteiger partial charge in [-0.1, -0.05) is 18.2 Å². The zero-order valence-electron chi connectivity index (χ0n) is 12.6. The van der Waals surface area contributed by atoms with E-state index in [1.165, 1.54) is 12.4 Å². The van der Waals surface area contributed by atoms with Crippen LogP contribution in [-0.2, 0) is 20.1 Å². The summed E-state index contributed by atoms with van der Waals surface area (Å²) in [6, 6.07) is 6.63. The first-order valence-corrected chi connectivity index (χ1v) is 6.79. The Kier molecular flexibility index (Phi) is 7.78. The van der Waals surface area contributed by atoms with Crippen molar-refractivity contribution in [1.82, 2.24) is 25.4 Å². The lowest BCUT2D eigenvalue weighted by Crippen LogP contribution is -2.37. The lowest BCUT2D eigenvalue weighted by Gasteiger charge is -2.11. The highest BCUT2D eigenvalue weighted by Gasteiger charge is 2.04. The van der Waals surface area contributed by atoms with Crippen LogP contribution in [0.25, 0.3) is 0 Å². The van der Waals surface area contributed by atoms with Gasteiger partial charge in [-0.05, 0) is 13.0 Å². The molecule has 0 radical (unpaired) electrons. The summed E-state index contributed by atoms with van der Waals surface area (Å²) in [7, 11) is 1.83. The van der Waals surface area contributed by atoms with E-state index in [4.69, 9.17) is 0 Å². The monoisotopic (exact) mass is 418 g/mol. The molecule has 0 saturated heterocycles. The molecule has 0 saturated carbocycles. The minimum absolute atomic E-state index is 0. The van der Waals surface area contributed by atoms with Crippen molar-refractivity contribution in [2.75, 3.05) is 6.54 Å². The molecule has 2 aromatic rings. The fourth-order valence-electron chi connectivity index (χ4n) is 1.78. The number of halogens is 2. The summed E-state index contributed by atoms with van der Waals surface area (Å²) in [5.41, 5.74) is 0.563. The second kappa shape index (κ2) is 9.34. The molecule has 120 valence electrons. The Morgan fingerprint density at radius 3 is 2.73 bits per heavy atom. The summed E-state index contributed by atoms with van der Waals surface area (Å²) in [5.74, 6) is 1.17. The number of hydrogen-bond acceptors (Lipinski definition) is 3. The van der Waals surface area contributed by atoms with Crippen LogP contribution in [0, 0.1) is 5.82 Å². The summed E-state index contributed by atoms with van der Waals surface area (Å²) < 4.78 is 15.2. The van der Waals surface area contributed by atoms with Crippen LogP contribution in [0.4, 0.5) is 4.39 Å². The minimum atomic E-state index is -0.245. The zero-order chi connectivity index (χ0) is 15.1. The average Bonchev–Trinajstić information content (AvgIpc) is 2.89. The van der Waals surface area contributed by atoms with Gasteiger partial charge in [-0.15, -0.1) is 24.0 Å². The van der Waals surface area contributed by atoms with E-state index < -0.39 is 0 Å². The normalized spacial score (nSPS) is 11.0. The maximum absolute atomic E-state index is 13.6. The van der Waals surface area contributed by atoms with Crippen molar-refractivity contribution in [3.05, 3.63) is 47.8 Å². The number of rotatable bonds is 5. The van der Waals surface area contributed by atoms with E-state index in [-0.39, 0.29) is 36.3 Å². The predicted molar refractivity (Wildman–Crippen MR) is 94.5 cm³/mol. The van der Waals surface area contributed by atoms with Gasteiger partial charge in [0.05, 0.1) is 13.1 Å². The molecule has 0 bridgehead atoms. The van der Waals surface area contributed by atoms with Gasteiger partial charge in [-0.3, -0.25) is 4.68 Å². The van der Waals surface area contributed by atoms with Gasteiger partial charge in [0.15, 0.2) is 5.96 Å². The third-order valence-electron chi connectivity index (χ3n) is 2.93. The fourth-order valence-corrected chi connectivity index (χ4v) is 1.78. The van der Waals surface area contributed by atoms with Crippen LogP contribution in [0.1, 0.15) is 18.3 Å². The average molecular weight is 418 g/mol. The van der Waals surface area contributed by atoms with E-state index in [2.05, 4.69) is 25.7 Å². The number of aliphatic imine (C=N–C) groups is 1. The van der Waals surface area contributed by atoms with E-state index in [0.717, 1.165) is 12.4 Å². The van der Waals surface area contributed by atoms with Crippen LogP contribution < -0.4 is 10.6 Å². The van der Waals surface area contributed by atoms with Crippen molar-refractivity contribution >= 4 is 29.9 Å². The molecule has 1 aromatic heterocycles. The van der Waals surface area contributed by atoms with Gasteiger partial charge in [0.1, 0.15) is 18.0 Å². The number of aromatic nitrogens is 3. The van der Waals surface area contributed by atoms with Gasteiger partial charge >= 0.3 is 0 Å². The summed E-state index contributed by atoms with van der Waals surface area (Å²) in [5, 5.41) is 10.3. The summed E-state index contributed by atoms with van der Waals surface area (Å²) in [4.78, 5) is 8.50. The maximum atomic E-state index is 13.6. The standard InChI is InChI=1S/C14H19FN6.HI/c1-3-16-14(18-9-13-19-10-20-21(13)2)17-8-11-6-4-5-7-12(11)15;/h4-7,10H,3,8-9H2,1-2H3,(H2,16,17,18);1H. The Balaban J connectivity index is 0.00000242. The molecular formula is C14H20FIN6. The molecular weight excluding hydrogens is 398 g/mol. The highest BCUT2D eigenvalue weighted by molar-refractivity contribution is 14.0. The number of hydrogen-bond donors (Lipinski definition) is 2. The third kappa shape index (κ3) is 5.24. The van der Waals surface area contributed by atoms with Gasteiger partial charge in [0.25, 0.3) is 0 Å². The molecule has 1 aromatic carbocycles. The number of benzene rings is 1. The predicted octanol–water partition coefficient (Wildman–Crippen LogP) is 1.83. The Morgan fingerprint density at radius 2 is 2.09 bits per heavy atom. The fraction of sp³-hybridized carbons (Fsp3) is 0.357. The first-order chi connectivity index (χ1) is 10.2. The molecule has 0 atom stereocenters. The highest BCUT2D eigenvalue weighted by atomic mass is 127. The van der Waals surface area contributed by atoms with Crippen molar-refractivity contribution < 1.29 is 4.39 Å². The smallest absolute Gasteiger partial charge is 0.191 e. The van der Waals surface area contributed by atoms with E-state index in [1.807, 2.05) is 14.0 Å². The van der Waals surface area contributed by atoms with Crippen LogP contribution in [0.15, 0.2) is 35.6 Å². The molecule has 1 heterocycles. The van der Waals surface area contributed by atoms with Crippen molar-refractivity contribution in [2.45, 2.75) is 20.0 Å². The van der Waals surface area contributed by atoms with Gasteiger partial charge < -0.3 is 10.6 Å². The Hall–Kier alpha value is -1.71. The zero-order valence-corrected chi connectivity index (χ0v) is 14.9. The quantitative estimate of drug-likeness (QED) is 0.442. The summed E-state index contributed by atoms with van der Waals surface area (Å²) >= 11 is 0. The minimum Gasteiger partial charge on any atom is -0.357 e. The maximum Gasteiger partial charge on any atom is 0.191 e. The SMILES string of the molecule is CCNC(=NCc1ccccc1F)NCc1ncnn1C.I. The second-order valence-corrected chi connectivity index (χ2v) is 4.44. The molecule has 2 N–H and O–H groups in total. The van der Waals surface area contributed by atoms with E-state index >= 15 is 0 Å². The molecule has 0 aliphatic rings. The molecule has 0 aliphatic carbocycles. The largest absolute Gasteiger partial charge is 0.357 e. The summed E-state index contributed by atoms with van der Waals surface area (Å²) in [6.45, 7) is 3.48. The molecule has 0 fully saturated rings. The van der Waals surface area contributed by atoms with E-state index in [1.54, 1.807) is 22.9 Å². The van der Waals surface area contributed by atoms with Gasteiger partial charge in [0, 0.05) is 19.2 Å². The molecule has 0 amide bonds.